The summed E-state index contributed by atoms with van der Waals surface area (Å²) in [4.78, 5) is 30.7. The monoisotopic (exact) mass is 415 g/mol. The molecule has 0 fully saturated rings. The van der Waals surface area contributed by atoms with Gasteiger partial charge in [0, 0.05) is 19.3 Å². The predicted octanol–water partition coefficient (Wildman–Crippen LogP) is 3.17. The van der Waals surface area contributed by atoms with Crippen molar-refractivity contribution in [3.05, 3.63) is 87.3 Å². The molecule has 4 rings (SSSR count). The smallest absolute Gasteiger partial charge is 0.267 e. The second-order valence-corrected chi connectivity index (χ2v) is 7.66. The number of nitrogens with zero attached hydrogens (tertiary/aromatic N) is 3. The van der Waals surface area contributed by atoms with Gasteiger partial charge >= 0.3 is 0 Å². The molecule has 7 heteroatoms. The molecule has 0 aliphatic rings. The lowest BCUT2D eigenvalue weighted by atomic mass is 10.1. The summed E-state index contributed by atoms with van der Waals surface area (Å²) in [5, 5.41) is 11.9. The molecule has 0 saturated heterocycles. The molecule has 0 saturated carbocycles. The summed E-state index contributed by atoms with van der Waals surface area (Å²) < 4.78 is 3.14. The standard InChI is InChI=1S/C24H25N5O2/c1-3-4-12-29-21(25)18(23(30)26-15-17-10-8-16(2)9-11-17)14-19-22(29)27-20-7-5-6-13-28(20)24(19)31/h5-11,13-14,25H,3-4,12,15H2,1-2H3,(H,26,30). The van der Waals surface area contributed by atoms with Crippen molar-refractivity contribution < 1.29 is 4.79 Å². The molecule has 0 bridgehead atoms. The van der Waals surface area contributed by atoms with E-state index in [4.69, 9.17) is 5.41 Å². The molecule has 0 radical (unpaired) electrons. The fourth-order valence-corrected chi connectivity index (χ4v) is 3.58. The summed E-state index contributed by atoms with van der Waals surface area (Å²) in [7, 11) is 0. The molecule has 31 heavy (non-hydrogen) atoms. The maximum atomic E-state index is 13.1. The molecular weight excluding hydrogens is 390 g/mol. The lowest BCUT2D eigenvalue weighted by Gasteiger charge is -2.14. The average Bonchev–Trinajstić information content (AvgIpc) is 2.78. The largest absolute Gasteiger partial charge is 0.348 e. The van der Waals surface area contributed by atoms with Gasteiger partial charge in [0.15, 0.2) is 0 Å². The van der Waals surface area contributed by atoms with Crippen LogP contribution in [0.25, 0.3) is 16.7 Å². The molecule has 3 heterocycles. The molecule has 0 atom stereocenters. The summed E-state index contributed by atoms with van der Waals surface area (Å²) in [5.74, 6) is -0.379. The first-order valence-corrected chi connectivity index (χ1v) is 10.4. The first kappa shape index (κ1) is 20.5. The van der Waals surface area contributed by atoms with Crippen molar-refractivity contribution in [2.45, 2.75) is 39.8 Å². The van der Waals surface area contributed by atoms with E-state index in [0.717, 1.165) is 24.0 Å². The molecule has 0 spiro atoms. The quantitative estimate of drug-likeness (QED) is 0.474. The van der Waals surface area contributed by atoms with Crippen LogP contribution in [0.1, 0.15) is 41.3 Å². The van der Waals surface area contributed by atoms with Gasteiger partial charge in [-0.15, -0.1) is 0 Å². The van der Waals surface area contributed by atoms with Crippen LogP contribution in [-0.2, 0) is 13.1 Å². The Balaban J connectivity index is 1.81. The summed E-state index contributed by atoms with van der Waals surface area (Å²) in [6.45, 7) is 4.93. The maximum absolute atomic E-state index is 13.1. The van der Waals surface area contributed by atoms with E-state index >= 15 is 0 Å². The van der Waals surface area contributed by atoms with Crippen molar-refractivity contribution in [1.29, 1.82) is 5.41 Å². The number of hydrogen-bond acceptors (Lipinski definition) is 4. The highest BCUT2D eigenvalue weighted by atomic mass is 16.1. The summed E-state index contributed by atoms with van der Waals surface area (Å²) in [5.41, 5.74) is 3.05. The number of rotatable bonds is 6. The van der Waals surface area contributed by atoms with Gasteiger partial charge in [-0.1, -0.05) is 49.2 Å². The van der Waals surface area contributed by atoms with Crippen LogP contribution in [0.4, 0.5) is 0 Å². The highest BCUT2D eigenvalue weighted by Crippen LogP contribution is 2.11. The lowest BCUT2D eigenvalue weighted by Crippen LogP contribution is -2.34. The number of aryl methyl sites for hydroxylation is 2. The Kier molecular flexibility index (Phi) is 5.66. The van der Waals surface area contributed by atoms with Gasteiger partial charge in [0.05, 0.1) is 10.9 Å². The minimum absolute atomic E-state index is 0.0644. The minimum Gasteiger partial charge on any atom is -0.348 e. The highest BCUT2D eigenvalue weighted by Gasteiger charge is 2.17. The number of unbranched alkanes of at least 4 members (excludes halogenated alkanes) is 1. The van der Waals surface area contributed by atoms with E-state index in [0.29, 0.717) is 29.8 Å². The second kappa shape index (κ2) is 8.55. The molecule has 2 N–H and O–H groups in total. The Morgan fingerprint density at radius 3 is 2.68 bits per heavy atom. The van der Waals surface area contributed by atoms with Gasteiger partial charge < -0.3 is 9.88 Å². The molecular formula is C24H25N5O2. The van der Waals surface area contributed by atoms with E-state index in [1.54, 1.807) is 22.9 Å². The number of nitrogens with one attached hydrogen (secondary N) is 2. The zero-order valence-electron chi connectivity index (χ0n) is 17.7. The Hall–Kier alpha value is -3.74. The second-order valence-electron chi connectivity index (χ2n) is 7.66. The van der Waals surface area contributed by atoms with Crippen molar-refractivity contribution >= 4 is 22.6 Å². The van der Waals surface area contributed by atoms with E-state index in [1.807, 2.05) is 37.3 Å². The number of pyridine rings is 2. The van der Waals surface area contributed by atoms with E-state index in [1.165, 1.54) is 10.5 Å². The molecule has 1 aromatic carbocycles. The van der Waals surface area contributed by atoms with E-state index in [-0.39, 0.29) is 22.5 Å². The van der Waals surface area contributed by atoms with Crippen LogP contribution in [0, 0.1) is 12.3 Å². The van der Waals surface area contributed by atoms with Crippen molar-refractivity contribution in [3.8, 4) is 0 Å². The summed E-state index contributed by atoms with van der Waals surface area (Å²) in [6, 6.07) is 14.7. The van der Waals surface area contributed by atoms with Crippen molar-refractivity contribution in [2.24, 2.45) is 0 Å². The number of carbonyl (C=O) groups excluding carboxylic acids is 1. The molecule has 0 unspecified atom stereocenters. The van der Waals surface area contributed by atoms with Crippen LogP contribution in [0.2, 0.25) is 0 Å². The zero-order valence-corrected chi connectivity index (χ0v) is 17.7. The van der Waals surface area contributed by atoms with Gasteiger partial charge in [-0.2, -0.15) is 0 Å². The lowest BCUT2D eigenvalue weighted by molar-refractivity contribution is 0.0948. The van der Waals surface area contributed by atoms with E-state index < -0.39 is 0 Å². The first-order valence-electron chi connectivity index (χ1n) is 10.4. The van der Waals surface area contributed by atoms with E-state index in [9.17, 15) is 9.59 Å². The van der Waals surface area contributed by atoms with Gasteiger partial charge in [0.25, 0.3) is 11.5 Å². The third kappa shape index (κ3) is 3.99. The fourth-order valence-electron chi connectivity index (χ4n) is 3.58. The molecule has 0 aliphatic heterocycles. The van der Waals surface area contributed by atoms with Gasteiger partial charge in [0.2, 0.25) is 0 Å². The summed E-state index contributed by atoms with van der Waals surface area (Å²) in [6.07, 6.45) is 3.40. The van der Waals surface area contributed by atoms with Crippen LogP contribution in [-0.4, -0.2) is 19.9 Å². The van der Waals surface area contributed by atoms with Crippen LogP contribution in [0.5, 0.6) is 0 Å². The number of aromatic nitrogens is 3. The van der Waals surface area contributed by atoms with Gasteiger partial charge in [-0.25, -0.2) is 4.98 Å². The third-order valence-electron chi connectivity index (χ3n) is 5.37. The van der Waals surface area contributed by atoms with Crippen LogP contribution < -0.4 is 16.4 Å². The fraction of sp³-hybridized carbons (Fsp3) is 0.250. The zero-order chi connectivity index (χ0) is 22.0. The summed E-state index contributed by atoms with van der Waals surface area (Å²) >= 11 is 0. The topological polar surface area (TPSA) is 92.2 Å². The van der Waals surface area contributed by atoms with Gasteiger partial charge in [-0.3, -0.25) is 19.4 Å². The van der Waals surface area contributed by atoms with Crippen molar-refractivity contribution in [2.75, 3.05) is 0 Å². The number of amides is 1. The SMILES string of the molecule is CCCCn1c(=N)c(C(=O)NCc2ccc(C)cc2)cc2c(=O)n3ccccc3nc21. The highest BCUT2D eigenvalue weighted by molar-refractivity contribution is 5.96. The molecule has 158 valence electrons. The number of benzene rings is 1. The van der Waals surface area contributed by atoms with Crippen molar-refractivity contribution in [1.82, 2.24) is 19.3 Å². The van der Waals surface area contributed by atoms with Crippen LogP contribution >= 0.6 is 0 Å². The number of fused-ring (bicyclic) bond motifs is 2. The molecule has 3 aromatic heterocycles. The average molecular weight is 415 g/mol. The molecule has 4 aromatic rings. The molecule has 1 amide bonds. The van der Waals surface area contributed by atoms with E-state index in [2.05, 4.69) is 17.2 Å². The maximum Gasteiger partial charge on any atom is 0.267 e. The first-order chi connectivity index (χ1) is 15.0. The molecule has 7 nitrogen and oxygen atoms in total. The predicted molar refractivity (Wildman–Crippen MR) is 120 cm³/mol. The number of carbonyl (C=O) groups is 1. The van der Waals surface area contributed by atoms with Crippen molar-refractivity contribution in [3.63, 3.8) is 0 Å². The van der Waals surface area contributed by atoms with Crippen LogP contribution in [0.15, 0.2) is 59.5 Å². The van der Waals surface area contributed by atoms with Gasteiger partial charge in [0.1, 0.15) is 16.8 Å². The third-order valence-corrected chi connectivity index (χ3v) is 5.37. The normalized spacial score (nSPS) is 11.2. The van der Waals surface area contributed by atoms with Crippen LogP contribution in [0.3, 0.4) is 0 Å². The number of hydrogen-bond donors (Lipinski definition) is 2. The van der Waals surface area contributed by atoms with Gasteiger partial charge in [-0.05, 0) is 37.1 Å². The Labute approximate surface area is 179 Å². The Morgan fingerprint density at radius 1 is 1.16 bits per heavy atom. The minimum atomic E-state index is -0.379. The Bertz CT molecular complexity index is 1380. The Morgan fingerprint density at radius 2 is 1.94 bits per heavy atom. The molecule has 0 aliphatic carbocycles.